The monoisotopic (exact) mass is 582 g/mol. The number of hydrogen-bond acceptors (Lipinski definition) is 6. The minimum absolute atomic E-state index is 0.125. The molecule has 0 spiro atoms. The Morgan fingerprint density at radius 1 is 1.02 bits per heavy atom. The van der Waals surface area contributed by atoms with Crippen molar-refractivity contribution in [2.45, 2.75) is 50.7 Å². The van der Waals surface area contributed by atoms with Crippen molar-refractivity contribution in [3.05, 3.63) is 81.6 Å². The van der Waals surface area contributed by atoms with Crippen LogP contribution >= 0.6 is 11.6 Å². The van der Waals surface area contributed by atoms with Gasteiger partial charge in [0.05, 0.1) is 52.8 Å². The summed E-state index contributed by atoms with van der Waals surface area (Å²) < 4.78 is 35.4. The molecular formula is C29H29ClF2N6O3. The van der Waals surface area contributed by atoms with Gasteiger partial charge in [-0.2, -0.15) is 0 Å². The standard InChI is InChI=1S/C29H29ClF2N6O3/c30-18-11-22(26(27(31)32)34-12-18)28(39)36-19-7-5-17(6-8-19)14-37-23-3-1-2-4-24(23)38(29(37)40)21-9-10-25(33-13-21)35-20-15-41-16-20/h1-4,9-13,17,19-20,27H,5-8,14-16H2,(H,33,35)(H,36,39)/t17-,19-. The maximum absolute atomic E-state index is 13.7. The third-order valence-corrected chi connectivity index (χ3v) is 8.00. The van der Waals surface area contributed by atoms with Crippen LogP contribution in [0, 0.1) is 5.92 Å². The van der Waals surface area contributed by atoms with Crippen LogP contribution in [0.15, 0.2) is 59.7 Å². The van der Waals surface area contributed by atoms with Crippen LogP contribution in [0.4, 0.5) is 14.6 Å². The first-order valence-corrected chi connectivity index (χ1v) is 14.0. The summed E-state index contributed by atoms with van der Waals surface area (Å²) in [7, 11) is 0. The van der Waals surface area contributed by atoms with Crippen LogP contribution in [0.1, 0.15) is 48.2 Å². The van der Waals surface area contributed by atoms with E-state index in [0.29, 0.717) is 38.3 Å². The predicted molar refractivity (Wildman–Crippen MR) is 151 cm³/mol. The molecule has 4 heterocycles. The molecule has 0 radical (unpaired) electrons. The van der Waals surface area contributed by atoms with E-state index in [-0.39, 0.29) is 34.3 Å². The molecule has 0 atom stereocenters. The van der Waals surface area contributed by atoms with Crippen molar-refractivity contribution >= 4 is 34.4 Å². The maximum atomic E-state index is 13.7. The van der Waals surface area contributed by atoms with E-state index in [1.165, 1.54) is 6.07 Å². The van der Waals surface area contributed by atoms with Crippen molar-refractivity contribution in [1.82, 2.24) is 24.4 Å². The second-order valence-electron chi connectivity index (χ2n) is 10.6. The summed E-state index contributed by atoms with van der Waals surface area (Å²) in [6, 6.07) is 12.8. The number of rotatable bonds is 8. The summed E-state index contributed by atoms with van der Waals surface area (Å²) in [5.41, 5.74) is 1.41. The Hall–Kier alpha value is -3.83. The Labute approximate surface area is 239 Å². The molecular weight excluding hydrogens is 554 g/mol. The average molecular weight is 583 g/mol. The summed E-state index contributed by atoms with van der Waals surface area (Å²) in [5.74, 6) is 0.354. The smallest absolute Gasteiger partial charge is 0.333 e. The lowest BCUT2D eigenvalue weighted by molar-refractivity contribution is 0.0209. The number of nitrogens with one attached hydrogen (secondary N) is 2. The molecule has 3 aromatic heterocycles. The van der Waals surface area contributed by atoms with Gasteiger partial charge in [-0.05, 0) is 61.9 Å². The Bertz CT molecular complexity index is 1610. The minimum Gasteiger partial charge on any atom is -0.377 e. The lowest BCUT2D eigenvalue weighted by atomic mass is 9.85. The molecule has 12 heteroatoms. The van der Waals surface area contributed by atoms with Gasteiger partial charge in [-0.15, -0.1) is 0 Å². The van der Waals surface area contributed by atoms with Crippen LogP contribution in [0.3, 0.4) is 0 Å². The van der Waals surface area contributed by atoms with Crippen molar-refractivity contribution in [2.75, 3.05) is 18.5 Å². The fourth-order valence-corrected chi connectivity index (χ4v) is 5.74. The van der Waals surface area contributed by atoms with Crippen molar-refractivity contribution in [1.29, 1.82) is 0 Å². The van der Waals surface area contributed by atoms with E-state index < -0.39 is 18.0 Å². The van der Waals surface area contributed by atoms with E-state index in [1.807, 2.05) is 41.0 Å². The van der Waals surface area contributed by atoms with Gasteiger partial charge in [-0.1, -0.05) is 23.7 Å². The van der Waals surface area contributed by atoms with Crippen LogP contribution < -0.4 is 16.3 Å². The van der Waals surface area contributed by atoms with E-state index in [9.17, 15) is 18.4 Å². The van der Waals surface area contributed by atoms with E-state index in [2.05, 4.69) is 20.6 Å². The molecule has 1 aliphatic carbocycles. The van der Waals surface area contributed by atoms with E-state index in [4.69, 9.17) is 16.3 Å². The zero-order valence-electron chi connectivity index (χ0n) is 22.1. The zero-order valence-corrected chi connectivity index (χ0v) is 22.9. The number of benzene rings is 1. The van der Waals surface area contributed by atoms with Crippen LogP contribution in [-0.2, 0) is 11.3 Å². The Morgan fingerprint density at radius 3 is 2.44 bits per heavy atom. The first kappa shape index (κ1) is 27.3. The van der Waals surface area contributed by atoms with Crippen molar-refractivity contribution in [2.24, 2.45) is 5.92 Å². The second kappa shape index (κ2) is 11.6. The molecule has 2 fully saturated rings. The summed E-state index contributed by atoms with van der Waals surface area (Å²) in [6.07, 6.45) is 2.83. The zero-order chi connectivity index (χ0) is 28.5. The summed E-state index contributed by atoms with van der Waals surface area (Å²) in [5, 5.41) is 6.30. The van der Waals surface area contributed by atoms with Crippen molar-refractivity contribution < 1.29 is 18.3 Å². The molecule has 0 bridgehead atoms. The number of halogens is 3. The molecule has 1 aliphatic heterocycles. The number of amides is 1. The van der Waals surface area contributed by atoms with Gasteiger partial charge >= 0.3 is 5.69 Å². The quantitative estimate of drug-likeness (QED) is 0.304. The third-order valence-electron chi connectivity index (χ3n) is 7.79. The van der Waals surface area contributed by atoms with Gasteiger partial charge in [0, 0.05) is 18.8 Å². The first-order chi connectivity index (χ1) is 19.9. The fourth-order valence-electron chi connectivity index (χ4n) is 5.58. The Kier molecular flexibility index (Phi) is 7.72. The molecule has 9 nitrogen and oxygen atoms in total. The summed E-state index contributed by atoms with van der Waals surface area (Å²) in [6.45, 7) is 1.85. The van der Waals surface area contributed by atoms with Gasteiger partial charge in [0.1, 0.15) is 11.5 Å². The number of hydrogen-bond donors (Lipinski definition) is 2. The summed E-state index contributed by atoms with van der Waals surface area (Å²) in [4.78, 5) is 34.6. The highest BCUT2D eigenvalue weighted by Crippen LogP contribution is 2.29. The first-order valence-electron chi connectivity index (χ1n) is 13.6. The van der Waals surface area contributed by atoms with Gasteiger partial charge in [0.2, 0.25) is 0 Å². The van der Waals surface area contributed by atoms with Crippen LogP contribution in [0.25, 0.3) is 16.7 Å². The normalized spacial score (nSPS) is 19.3. The highest BCUT2D eigenvalue weighted by molar-refractivity contribution is 6.30. The summed E-state index contributed by atoms with van der Waals surface area (Å²) >= 11 is 5.90. The van der Waals surface area contributed by atoms with Gasteiger partial charge in [0.15, 0.2) is 0 Å². The highest BCUT2D eigenvalue weighted by atomic mass is 35.5. The number of para-hydroxylation sites is 2. The number of imidazole rings is 1. The number of anilines is 1. The van der Waals surface area contributed by atoms with E-state index in [1.54, 1.807) is 10.8 Å². The second-order valence-corrected chi connectivity index (χ2v) is 11.0. The number of pyridine rings is 2. The molecule has 1 saturated carbocycles. The largest absolute Gasteiger partial charge is 0.377 e. The molecule has 1 amide bonds. The molecule has 1 aromatic carbocycles. The van der Waals surface area contributed by atoms with E-state index >= 15 is 0 Å². The molecule has 0 unspecified atom stereocenters. The van der Waals surface area contributed by atoms with Crippen LogP contribution in [0.5, 0.6) is 0 Å². The van der Waals surface area contributed by atoms with Crippen LogP contribution in [-0.4, -0.2) is 50.3 Å². The maximum Gasteiger partial charge on any atom is 0.333 e. The molecule has 6 rings (SSSR count). The lowest BCUT2D eigenvalue weighted by Gasteiger charge is -2.29. The molecule has 41 heavy (non-hydrogen) atoms. The molecule has 4 aromatic rings. The number of aromatic nitrogens is 4. The number of nitrogens with zero attached hydrogens (tertiary/aromatic N) is 4. The Morgan fingerprint density at radius 2 is 1.78 bits per heavy atom. The van der Waals surface area contributed by atoms with Crippen molar-refractivity contribution in [3.8, 4) is 5.69 Å². The number of ether oxygens (including phenoxy) is 1. The number of alkyl halides is 2. The SMILES string of the molecule is O=C(N[C@H]1CC[C@H](Cn2c(=O)n(-c3ccc(NC4COC4)nc3)c3ccccc32)CC1)c1cc(Cl)cnc1C(F)F. The number of carbonyl (C=O) groups excluding carboxylic acids is 1. The van der Waals surface area contributed by atoms with Gasteiger partial charge in [0.25, 0.3) is 12.3 Å². The fraction of sp³-hybridized carbons (Fsp3) is 0.379. The van der Waals surface area contributed by atoms with Crippen LogP contribution in [0.2, 0.25) is 5.02 Å². The van der Waals surface area contributed by atoms with Gasteiger partial charge in [-0.3, -0.25) is 18.9 Å². The van der Waals surface area contributed by atoms with Gasteiger partial charge < -0.3 is 15.4 Å². The highest BCUT2D eigenvalue weighted by Gasteiger charge is 2.27. The van der Waals surface area contributed by atoms with E-state index in [0.717, 1.165) is 35.9 Å². The number of fused-ring (bicyclic) bond motifs is 1. The number of carbonyl (C=O) groups is 1. The topological polar surface area (TPSA) is 103 Å². The molecule has 2 N–H and O–H groups in total. The van der Waals surface area contributed by atoms with Gasteiger partial charge in [-0.25, -0.2) is 18.6 Å². The Balaban J connectivity index is 1.14. The average Bonchev–Trinajstić information content (AvgIpc) is 3.22. The predicted octanol–water partition coefficient (Wildman–Crippen LogP) is 4.97. The molecule has 214 valence electrons. The minimum atomic E-state index is -2.88. The molecule has 1 saturated heterocycles. The van der Waals surface area contributed by atoms with Crippen molar-refractivity contribution in [3.63, 3.8) is 0 Å². The third kappa shape index (κ3) is 5.69. The lowest BCUT2D eigenvalue weighted by Crippen LogP contribution is -2.40. The molecule has 2 aliphatic rings.